The minimum absolute atomic E-state index is 0.00686. The number of carbonyl (C=O) groups is 4. The number of carbonyl (C=O) groups excluding carboxylic acids is 4. The fourth-order valence-corrected chi connectivity index (χ4v) is 12.1. The Morgan fingerprint density at radius 2 is 0.753 bits per heavy atom. The summed E-state index contributed by atoms with van der Waals surface area (Å²) in [4.78, 5) is 59.9. The molecule has 0 bridgehead atoms. The van der Waals surface area contributed by atoms with Crippen LogP contribution >= 0.6 is 0 Å². The zero-order valence-corrected chi connectivity index (χ0v) is 58.8. The van der Waals surface area contributed by atoms with Crippen molar-refractivity contribution in [3.8, 4) is 23.0 Å². The maximum atomic E-state index is 12.7. The molecule has 15 nitrogen and oxygen atoms in total. The molecule has 0 saturated heterocycles. The summed E-state index contributed by atoms with van der Waals surface area (Å²) in [6.07, 6.45) is 7.24. The number of ether oxygens (including phenoxy) is 4. The molecule has 506 valence electrons. The van der Waals surface area contributed by atoms with Crippen LogP contribution in [0.15, 0.2) is 115 Å². The Hall–Kier alpha value is -9.71. The van der Waals surface area contributed by atoms with E-state index in [1.807, 2.05) is 78.1 Å². The van der Waals surface area contributed by atoms with Crippen molar-refractivity contribution in [3.63, 3.8) is 0 Å². The lowest BCUT2D eigenvalue weighted by Crippen LogP contribution is -2.19. The summed E-state index contributed by atoms with van der Waals surface area (Å²) in [5, 5.41) is 10.8. The standard InChI is InChI=1S/C21H24NO2.C20H19F3NO2.C19H19N2O4.C19H26NO2/c1-13-7-8-15(3)16(9-13)12-22-18-11-14(2)10-17(21(4,5)6)19(18)24-20(22)23;1-12-9-15(19(2,3)4)17-16(10-12)24(18(25)26-17)11-13-5-7-14(8-6-13)20(21,22)23;1-12-9-15(19(2,3)4)17-16(10-12)20(18(22)25-17)11-13-5-7-14(8-6-13)21(23)24;1-13-10-15(19(2,3)4)17-16(11-13)20(18(21)22-17)12-14-8-6-5-7-9-14/h7-12H,1-6H3;5-11H,1-4H3;5-11H,1-4H3;10-12,14H,5-9H2,1-4H3/q4*+1/b22-12+;24-11+;20-11+;20-12+. The Labute approximate surface area is 566 Å². The number of nitrogens with zero attached hydrogens (tertiary/aromatic N) is 5. The van der Waals surface area contributed by atoms with Crippen LogP contribution < -0.4 is 18.9 Å². The van der Waals surface area contributed by atoms with Gasteiger partial charge in [0.1, 0.15) is 0 Å². The van der Waals surface area contributed by atoms with Crippen LogP contribution in [0.2, 0.25) is 0 Å². The van der Waals surface area contributed by atoms with Crippen LogP contribution in [-0.2, 0) is 27.8 Å². The Balaban J connectivity index is 0.000000152. The van der Waals surface area contributed by atoms with Gasteiger partial charge in [-0.3, -0.25) is 10.1 Å². The minimum atomic E-state index is -4.39. The number of benzene rings is 7. The zero-order chi connectivity index (χ0) is 71.2. The van der Waals surface area contributed by atoms with Gasteiger partial charge in [-0.25, -0.2) is 0 Å². The molecule has 0 unspecified atom stereocenters. The van der Waals surface area contributed by atoms with Gasteiger partial charge in [0.05, 0.1) is 10.5 Å². The lowest BCUT2D eigenvalue weighted by atomic mass is 9.85. The molecule has 0 atom stereocenters. The van der Waals surface area contributed by atoms with Crippen LogP contribution in [0, 0.1) is 57.6 Å². The van der Waals surface area contributed by atoms with E-state index in [1.165, 1.54) is 82.9 Å². The number of hydrogen-bond donors (Lipinski definition) is 0. The van der Waals surface area contributed by atoms with Crippen molar-refractivity contribution >= 4 is 77.7 Å². The molecule has 12 rings (SSSR count). The monoisotopic (exact) mass is 1320 g/mol. The van der Waals surface area contributed by atoms with Gasteiger partial charge in [-0.2, -0.15) is 32.3 Å². The van der Waals surface area contributed by atoms with Crippen LogP contribution in [0.4, 0.5) is 60.8 Å². The highest BCUT2D eigenvalue weighted by Crippen LogP contribution is 2.48. The Bertz CT molecular complexity index is 4450. The van der Waals surface area contributed by atoms with E-state index in [4.69, 9.17) is 18.9 Å². The molecule has 7 aromatic rings. The van der Waals surface area contributed by atoms with Gasteiger partial charge in [-0.15, -0.1) is 0 Å². The van der Waals surface area contributed by atoms with Gasteiger partial charge in [0.25, 0.3) is 28.4 Å². The highest BCUT2D eigenvalue weighted by molar-refractivity contribution is 5.89. The largest absolute Gasteiger partial charge is 0.608 e. The molecule has 1 saturated carbocycles. The Morgan fingerprint density at radius 1 is 0.423 bits per heavy atom. The van der Waals surface area contributed by atoms with Gasteiger partial charge < -0.3 is 18.9 Å². The second-order valence-electron chi connectivity index (χ2n) is 29.9. The molecule has 4 heterocycles. The van der Waals surface area contributed by atoms with Crippen LogP contribution in [0.5, 0.6) is 23.0 Å². The van der Waals surface area contributed by atoms with Crippen molar-refractivity contribution in [1.29, 1.82) is 0 Å². The van der Waals surface area contributed by atoms with Crippen LogP contribution in [0.25, 0.3) is 0 Å². The van der Waals surface area contributed by atoms with Crippen molar-refractivity contribution < 1.29 is 74.5 Å². The first-order chi connectivity index (χ1) is 45.2. The SMILES string of the molecule is Cc1cc2c(c(C(C)(C)C)c1)OC(=O)/[N+]2=C/C1CCCCC1.Cc1cc2c(c(C(C)(C)C)c1)OC(=O)/[N+]2=C/c1ccc(C(F)(F)F)cc1.Cc1cc2c(c(C(C)(C)C)c1)OC(=O)/[N+]2=C/c1ccc([N+](=O)[O-])cc1.Cc1ccc(C)c(/C=[N+]2/C(=O)Oc3c2cc(C)cc3C(C)(C)C)c1. The molecule has 18 heteroatoms. The van der Waals surface area contributed by atoms with Crippen molar-refractivity contribution in [2.75, 3.05) is 0 Å². The first-order valence-corrected chi connectivity index (χ1v) is 32.7. The number of halogens is 3. The summed E-state index contributed by atoms with van der Waals surface area (Å²) in [5.74, 6) is 2.98. The van der Waals surface area contributed by atoms with E-state index in [1.54, 1.807) is 27.5 Å². The van der Waals surface area contributed by atoms with Gasteiger partial charge in [0, 0.05) is 81.3 Å². The van der Waals surface area contributed by atoms with Crippen LogP contribution in [0.1, 0.15) is 193 Å². The summed E-state index contributed by atoms with van der Waals surface area (Å²) in [7, 11) is 0. The average molecular weight is 1320 g/mol. The van der Waals surface area contributed by atoms with Gasteiger partial charge in [-0.1, -0.05) is 163 Å². The number of non-ortho nitro benzene ring substituents is 1. The Kier molecular flexibility index (Phi) is 20.2. The first kappa shape index (κ1) is 71.6. The van der Waals surface area contributed by atoms with E-state index in [0.717, 1.165) is 79.3 Å². The lowest BCUT2D eigenvalue weighted by Gasteiger charge is -2.20. The molecule has 7 aromatic carbocycles. The third kappa shape index (κ3) is 16.4. The number of alkyl halides is 3. The topological polar surface area (TPSA) is 160 Å². The lowest BCUT2D eigenvalue weighted by molar-refractivity contribution is -0.384. The second-order valence-corrected chi connectivity index (χ2v) is 29.9. The quantitative estimate of drug-likeness (QED) is 0.0922. The van der Waals surface area contributed by atoms with E-state index >= 15 is 0 Å². The van der Waals surface area contributed by atoms with Crippen molar-refractivity contribution in [3.05, 3.63) is 203 Å². The van der Waals surface area contributed by atoms with E-state index in [2.05, 4.69) is 126 Å². The molecule has 1 aliphatic carbocycles. The second kappa shape index (κ2) is 27.4. The van der Waals surface area contributed by atoms with E-state index in [-0.39, 0.29) is 39.5 Å². The highest BCUT2D eigenvalue weighted by atomic mass is 19.4. The average Bonchev–Trinajstić information content (AvgIpc) is 1.66. The molecule has 4 amide bonds. The minimum Gasteiger partial charge on any atom is -0.365 e. The van der Waals surface area contributed by atoms with E-state index < -0.39 is 28.8 Å². The molecular formula is C79H88F3N5O10+4. The smallest absolute Gasteiger partial charge is 0.365 e. The molecule has 1 fully saturated rings. The molecule has 0 radical (unpaired) electrons. The number of fused-ring (bicyclic) bond motifs is 4. The molecular weight excluding hydrogens is 1240 g/mol. The third-order valence-electron chi connectivity index (χ3n) is 17.3. The predicted molar refractivity (Wildman–Crippen MR) is 372 cm³/mol. The number of nitro benzene ring substituents is 1. The van der Waals surface area contributed by atoms with Crippen LogP contribution in [-0.4, -0.2) is 72.5 Å². The van der Waals surface area contributed by atoms with Crippen molar-refractivity contribution in [2.24, 2.45) is 5.92 Å². The van der Waals surface area contributed by atoms with Gasteiger partial charge >= 0.3 is 30.5 Å². The fraction of sp³-hybridized carbons (Fsp3) is 0.367. The third-order valence-corrected chi connectivity index (χ3v) is 17.3. The number of aryl methyl sites for hydroxylation is 6. The highest BCUT2D eigenvalue weighted by Gasteiger charge is 2.45. The maximum Gasteiger partial charge on any atom is 0.608 e. The zero-order valence-electron chi connectivity index (χ0n) is 58.8. The summed E-state index contributed by atoms with van der Waals surface area (Å²) >= 11 is 0. The summed E-state index contributed by atoms with van der Waals surface area (Å²) in [6, 6.07) is 32.9. The Morgan fingerprint density at radius 3 is 1.09 bits per heavy atom. The van der Waals surface area contributed by atoms with Gasteiger partial charge in [-0.05, 0) is 146 Å². The molecule has 0 spiro atoms. The summed E-state index contributed by atoms with van der Waals surface area (Å²) < 4.78 is 66.4. The van der Waals surface area contributed by atoms with Crippen molar-refractivity contribution in [1.82, 2.24) is 0 Å². The van der Waals surface area contributed by atoms with Gasteiger partial charge in [0.2, 0.25) is 23.0 Å². The molecule has 5 aliphatic rings. The normalized spacial score (nSPS) is 16.8. The number of amides is 4. The van der Waals surface area contributed by atoms with E-state index in [0.29, 0.717) is 45.7 Å². The summed E-state index contributed by atoms with van der Waals surface area (Å²) in [5.41, 5.74) is 14.6. The first-order valence-electron chi connectivity index (χ1n) is 32.7. The summed E-state index contributed by atoms with van der Waals surface area (Å²) in [6.45, 7) is 37.3. The molecule has 4 aliphatic heterocycles. The van der Waals surface area contributed by atoms with E-state index in [9.17, 15) is 42.5 Å². The molecule has 97 heavy (non-hydrogen) atoms. The number of rotatable bonds is 5. The predicted octanol–water partition coefficient (Wildman–Crippen LogP) is 20.3. The molecule has 0 aromatic heterocycles. The maximum absolute atomic E-state index is 12.7. The molecule has 0 N–H and O–H groups in total. The van der Waals surface area contributed by atoms with Gasteiger partial charge in [0.15, 0.2) is 24.9 Å². The number of hydrogen-bond acceptors (Lipinski definition) is 10. The van der Waals surface area contributed by atoms with Crippen LogP contribution in [0.3, 0.4) is 0 Å². The number of nitro groups is 1. The fourth-order valence-electron chi connectivity index (χ4n) is 12.1. The van der Waals surface area contributed by atoms with Crippen molar-refractivity contribution in [2.45, 2.75) is 185 Å².